The molecule has 182 valence electrons. The van der Waals surface area contributed by atoms with Gasteiger partial charge in [-0.05, 0) is 56.7 Å². The van der Waals surface area contributed by atoms with Gasteiger partial charge in [-0.2, -0.15) is 13.9 Å². The van der Waals surface area contributed by atoms with Crippen molar-refractivity contribution in [2.24, 2.45) is 0 Å². The first kappa shape index (κ1) is 25.6. The summed E-state index contributed by atoms with van der Waals surface area (Å²) in [5.41, 5.74) is 2.54. The maximum absolute atomic E-state index is 13.0. The molecule has 1 aromatic heterocycles. The molecule has 2 heterocycles. The van der Waals surface area contributed by atoms with E-state index in [1.807, 2.05) is 13.8 Å². The number of ether oxygens (including phenoxy) is 1. The Morgan fingerprint density at radius 3 is 2.18 bits per heavy atom. The average molecular weight is 486 g/mol. The molecule has 1 aliphatic heterocycles. The minimum atomic E-state index is -3.48. The normalized spacial score (nSPS) is 15.1. The molecule has 0 bridgehead atoms. The molecule has 2 aromatic carbocycles. The molecule has 0 amide bonds. The molecule has 3 aromatic rings. The van der Waals surface area contributed by atoms with Crippen LogP contribution in [-0.4, -0.2) is 67.2 Å². The number of aromatic nitrogens is 1. The number of rotatable bonds is 7. The maximum Gasteiger partial charge on any atom is 0.373 e. The zero-order chi connectivity index (χ0) is 24.7. The van der Waals surface area contributed by atoms with Gasteiger partial charge in [-0.3, -0.25) is 4.90 Å². The molecule has 0 N–H and O–H groups in total. The van der Waals surface area contributed by atoms with Crippen LogP contribution < -0.4 is 4.74 Å². The summed E-state index contributed by atoms with van der Waals surface area (Å²) in [4.78, 5) is 18.9. The zero-order valence-electron chi connectivity index (χ0n) is 19.8. The highest BCUT2D eigenvalue weighted by atomic mass is 32.2. The molecular formula is C25H31N3O5S. The molecule has 0 atom stereocenters. The smallest absolute Gasteiger partial charge is 0.373 e. The predicted molar refractivity (Wildman–Crippen MR) is 129 cm³/mol. The van der Waals surface area contributed by atoms with E-state index in [9.17, 15) is 8.42 Å². The largest absolute Gasteiger partial charge is 0.491 e. The number of benzene rings is 2. The van der Waals surface area contributed by atoms with Crippen LogP contribution in [0.5, 0.6) is 5.75 Å². The SMILES string of the molecule is Cc1cn(CCN2CCN(S(=O)(=O)c3ccc(OC(C)C)cc3)CC2)c2ccccc12.O=C=O. The van der Waals surface area contributed by atoms with Crippen molar-refractivity contribution in [1.29, 1.82) is 0 Å². The molecule has 0 aliphatic carbocycles. The summed E-state index contributed by atoms with van der Waals surface area (Å²) in [6.45, 7) is 10.4. The third-order valence-corrected chi connectivity index (χ3v) is 7.72. The first-order valence-electron chi connectivity index (χ1n) is 11.3. The van der Waals surface area contributed by atoms with Crippen LogP contribution in [0.2, 0.25) is 0 Å². The van der Waals surface area contributed by atoms with Gasteiger partial charge in [0.15, 0.2) is 0 Å². The molecule has 0 radical (unpaired) electrons. The monoisotopic (exact) mass is 485 g/mol. The third kappa shape index (κ3) is 6.12. The van der Waals surface area contributed by atoms with Crippen molar-refractivity contribution in [3.8, 4) is 5.75 Å². The number of fused-ring (bicyclic) bond motifs is 1. The Balaban J connectivity index is 0.00000103. The van der Waals surface area contributed by atoms with Crippen LogP contribution in [-0.2, 0) is 26.2 Å². The van der Waals surface area contributed by atoms with Crippen LogP contribution in [0, 0.1) is 6.92 Å². The topological polar surface area (TPSA) is 88.9 Å². The number of piperazine rings is 1. The summed E-state index contributed by atoms with van der Waals surface area (Å²) >= 11 is 0. The third-order valence-electron chi connectivity index (χ3n) is 5.81. The van der Waals surface area contributed by atoms with E-state index in [1.165, 1.54) is 16.5 Å². The number of carbonyl (C=O) groups excluding carboxylic acids is 2. The van der Waals surface area contributed by atoms with Crippen LogP contribution >= 0.6 is 0 Å². The maximum atomic E-state index is 13.0. The highest BCUT2D eigenvalue weighted by molar-refractivity contribution is 7.89. The molecule has 0 unspecified atom stereocenters. The van der Waals surface area contributed by atoms with E-state index in [0.717, 1.165) is 26.2 Å². The van der Waals surface area contributed by atoms with Crippen LogP contribution in [0.4, 0.5) is 0 Å². The molecule has 34 heavy (non-hydrogen) atoms. The fourth-order valence-corrected chi connectivity index (χ4v) is 5.59. The quantitative estimate of drug-likeness (QED) is 0.511. The molecule has 0 saturated carbocycles. The lowest BCUT2D eigenvalue weighted by Gasteiger charge is -2.34. The van der Waals surface area contributed by atoms with E-state index >= 15 is 0 Å². The average Bonchev–Trinajstić information content (AvgIpc) is 3.14. The van der Waals surface area contributed by atoms with Gasteiger partial charge in [0, 0.05) is 56.4 Å². The summed E-state index contributed by atoms with van der Waals surface area (Å²) < 4.78 is 35.5. The van der Waals surface area contributed by atoms with Crippen molar-refractivity contribution in [2.75, 3.05) is 32.7 Å². The zero-order valence-corrected chi connectivity index (χ0v) is 20.6. The summed E-state index contributed by atoms with van der Waals surface area (Å²) in [7, 11) is -3.48. The van der Waals surface area contributed by atoms with E-state index in [1.54, 1.807) is 28.6 Å². The fraction of sp³-hybridized carbons (Fsp3) is 0.400. The Labute approximate surface area is 200 Å². The van der Waals surface area contributed by atoms with E-state index in [4.69, 9.17) is 14.3 Å². The molecule has 1 fully saturated rings. The first-order valence-corrected chi connectivity index (χ1v) is 12.7. The lowest BCUT2D eigenvalue weighted by molar-refractivity contribution is -0.191. The van der Waals surface area contributed by atoms with E-state index in [0.29, 0.717) is 23.7 Å². The van der Waals surface area contributed by atoms with Crippen LogP contribution in [0.15, 0.2) is 59.6 Å². The Bertz CT molecular complexity index is 1220. The standard InChI is InChI=1S/C24H31N3O3S.CO2/c1-19(2)30-21-8-10-22(11-9-21)31(28,29)27-16-13-25(14-17-27)12-15-26-18-20(3)23-6-4-5-7-24(23)26;2-1-3/h4-11,18-19H,12-17H2,1-3H3;. The van der Waals surface area contributed by atoms with Gasteiger partial charge in [-0.25, -0.2) is 8.42 Å². The Kier molecular flexibility index (Phi) is 8.63. The van der Waals surface area contributed by atoms with Crippen molar-refractivity contribution >= 4 is 27.1 Å². The number of sulfonamides is 1. The van der Waals surface area contributed by atoms with Gasteiger partial charge < -0.3 is 9.30 Å². The van der Waals surface area contributed by atoms with E-state index < -0.39 is 10.0 Å². The van der Waals surface area contributed by atoms with Crippen molar-refractivity contribution in [1.82, 2.24) is 13.8 Å². The van der Waals surface area contributed by atoms with E-state index in [2.05, 4.69) is 46.9 Å². The van der Waals surface area contributed by atoms with Crippen molar-refractivity contribution in [2.45, 2.75) is 38.3 Å². The number of nitrogens with zero attached hydrogens (tertiary/aromatic N) is 3. The van der Waals surface area contributed by atoms with Crippen molar-refractivity contribution in [3.63, 3.8) is 0 Å². The highest BCUT2D eigenvalue weighted by Gasteiger charge is 2.28. The molecule has 1 aliphatic rings. The minimum Gasteiger partial charge on any atom is -0.491 e. The Morgan fingerprint density at radius 2 is 1.56 bits per heavy atom. The Hall–Kier alpha value is -2.97. The second-order valence-electron chi connectivity index (χ2n) is 8.49. The summed E-state index contributed by atoms with van der Waals surface area (Å²) in [6.07, 6.45) is 2.52. The van der Waals surface area contributed by atoms with Crippen LogP contribution in [0.1, 0.15) is 19.4 Å². The molecule has 1 saturated heterocycles. The number of hydrogen-bond donors (Lipinski definition) is 0. The second kappa shape index (κ2) is 11.4. The fourth-order valence-electron chi connectivity index (χ4n) is 4.17. The Morgan fingerprint density at radius 1 is 0.941 bits per heavy atom. The summed E-state index contributed by atoms with van der Waals surface area (Å²) in [5, 5.41) is 1.29. The number of aryl methyl sites for hydroxylation is 1. The van der Waals surface area contributed by atoms with Gasteiger partial charge in [0.25, 0.3) is 0 Å². The molecule has 4 rings (SSSR count). The molecule has 0 spiro atoms. The first-order chi connectivity index (χ1) is 16.3. The van der Waals surface area contributed by atoms with Gasteiger partial charge >= 0.3 is 6.15 Å². The lowest BCUT2D eigenvalue weighted by Crippen LogP contribution is -2.49. The lowest BCUT2D eigenvalue weighted by atomic mass is 10.2. The van der Waals surface area contributed by atoms with Crippen molar-refractivity contribution < 1.29 is 22.7 Å². The van der Waals surface area contributed by atoms with Crippen molar-refractivity contribution in [3.05, 3.63) is 60.3 Å². The second-order valence-corrected chi connectivity index (χ2v) is 10.4. The van der Waals surface area contributed by atoms with Crippen LogP contribution in [0.3, 0.4) is 0 Å². The van der Waals surface area contributed by atoms with Crippen LogP contribution in [0.25, 0.3) is 10.9 Å². The van der Waals surface area contributed by atoms with Gasteiger partial charge in [0.05, 0.1) is 11.0 Å². The highest BCUT2D eigenvalue weighted by Crippen LogP contribution is 2.22. The van der Waals surface area contributed by atoms with Gasteiger partial charge in [-0.1, -0.05) is 18.2 Å². The predicted octanol–water partition coefficient (Wildman–Crippen LogP) is 3.16. The van der Waals surface area contributed by atoms with Gasteiger partial charge in [0.1, 0.15) is 5.75 Å². The van der Waals surface area contributed by atoms with Gasteiger partial charge in [-0.15, -0.1) is 0 Å². The summed E-state index contributed by atoms with van der Waals surface area (Å²) in [5.74, 6) is 0.687. The summed E-state index contributed by atoms with van der Waals surface area (Å²) in [6, 6.07) is 15.2. The molecule has 9 heteroatoms. The van der Waals surface area contributed by atoms with Gasteiger partial charge in [0.2, 0.25) is 10.0 Å². The molecule has 8 nitrogen and oxygen atoms in total. The van der Waals surface area contributed by atoms with E-state index in [-0.39, 0.29) is 12.3 Å². The number of hydrogen-bond acceptors (Lipinski definition) is 6. The number of para-hydroxylation sites is 1. The molecular weight excluding hydrogens is 454 g/mol. The minimum absolute atomic E-state index is 0.0592.